The zero-order valence-corrected chi connectivity index (χ0v) is 11.7. The summed E-state index contributed by atoms with van der Waals surface area (Å²) in [6.45, 7) is 1.21. The van der Waals surface area contributed by atoms with E-state index in [1.165, 1.54) is 12.1 Å². The van der Waals surface area contributed by atoms with Crippen molar-refractivity contribution in [2.75, 3.05) is 27.2 Å². The Kier molecular flexibility index (Phi) is 5.24. The fourth-order valence-electron chi connectivity index (χ4n) is 1.29. The van der Waals surface area contributed by atoms with Gasteiger partial charge in [-0.25, -0.2) is 0 Å². The monoisotopic (exact) mass is 315 g/mol. The van der Waals surface area contributed by atoms with E-state index < -0.39 is 4.92 Å². The lowest BCUT2D eigenvalue weighted by atomic mass is 10.2. The summed E-state index contributed by atoms with van der Waals surface area (Å²) in [4.78, 5) is 23.9. The highest BCUT2D eigenvalue weighted by Gasteiger charge is 2.15. The molecule has 0 heterocycles. The third-order valence-corrected chi connectivity index (χ3v) is 2.92. The number of halogens is 1. The van der Waals surface area contributed by atoms with E-state index in [1.807, 2.05) is 19.0 Å². The average molecular weight is 316 g/mol. The molecule has 1 aromatic carbocycles. The summed E-state index contributed by atoms with van der Waals surface area (Å²) in [6.07, 6.45) is 0. The van der Waals surface area contributed by atoms with Gasteiger partial charge >= 0.3 is 0 Å². The highest BCUT2D eigenvalue weighted by atomic mass is 79.9. The van der Waals surface area contributed by atoms with Gasteiger partial charge in [-0.1, -0.05) is 0 Å². The number of hydrogen-bond donors (Lipinski definition) is 1. The molecule has 18 heavy (non-hydrogen) atoms. The van der Waals surface area contributed by atoms with Crippen LogP contribution in [0.5, 0.6) is 0 Å². The number of likely N-dealkylation sites (N-methyl/N-ethyl adjacent to an activating group) is 1. The number of amides is 1. The Hall–Kier alpha value is -1.47. The SMILES string of the molecule is CN(C)CCNC(=O)c1ccc(Br)c([N+](=O)[O-])c1. The first kappa shape index (κ1) is 14.6. The molecule has 0 spiro atoms. The molecule has 0 fully saturated rings. The van der Waals surface area contributed by atoms with E-state index in [4.69, 9.17) is 0 Å². The van der Waals surface area contributed by atoms with Crippen molar-refractivity contribution in [1.82, 2.24) is 10.2 Å². The van der Waals surface area contributed by atoms with Crippen LogP contribution in [-0.2, 0) is 0 Å². The van der Waals surface area contributed by atoms with Crippen LogP contribution in [0.2, 0.25) is 0 Å². The molecular weight excluding hydrogens is 302 g/mol. The van der Waals surface area contributed by atoms with Crippen LogP contribution in [0.3, 0.4) is 0 Å². The van der Waals surface area contributed by atoms with E-state index in [1.54, 1.807) is 6.07 Å². The Morgan fingerprint density at radius 1 is 1.50 bits per heavy atom. The van der Waals surface area contributed by atoms with Gasteiger partial charge in [-0.05, 0) is 42.2 Å². The standard InChI is InChI=1S/C11H14BrN3O3/c1-14(2)6-5-13-11(16)8-3-4-9(12)10(7-8)15(17)18/h3-4,7H,5-6H2,1-2H3,(H,13,16). The van der Waals surface area contributed by atoms with Gasteiger partial charge in [0.1, 0.15) is 0 Å². The van der Waals surface area contributed by atoms with Crippen LogP contribution < -0.4 is 5.32 Å². The first-order valence-electron chi connectivity index (χ1n) is 5.28. The van der Waals surface area contributed by atoms with Crippen LogP contribution in [-0.4, -0.2) is 42.9 Å². The third-order valence-electron chi connectivity index (χ3n) is 2.25. The number of rotatable bonds is 5. The lowest BCUT2D eigenvalue weighted by Crippen LogP contribution is -2.31. The molecule has 0 saturated carbocycles. The number of carbonyl (C=O) groups is 1. The van der Waals surface area contributed by atoms with Crippen molar-refractivity contribution >= 4 is 27.5 Å². The van der Waals surface area contributed by atoms with Gasteiger partial charge in [0.15, 0.2) is 0 Å². The Bertz CT molecular complexity index is 463. The van der Waals surface area contributed by atoms with Crippen LogP contribution in [0.25, 0.3) is 0 Å². The van der Waals surface area contributed by atoms with Gasteiger partial charge in [-0.2, -0.15) is 0 Å². The van der Waals surface area contributed by atoms with Gasteiger partial charge in [0.25, 0.3) is 11.6 Å². The fourth-order valence-corrected chi connectivity index (χ4v) is 1.68. The van der Waals surface area contributed by atoms with Gasteiger partial charge in [0.05, 0.1) is 9.40 Å². The topological polar surface area (TPSA) is 75.5 Å². The van der Waals surface area contributed by atoms with Crippen LogP contribution >= 0.6 is 15.9 Å². The molecule has 0 aliphatic rings. The molecule has 0 aromatic heterocycles. The molecule has 0 bridgehead atoms. The smallest absolute Gasteiger partial charge is 0.284 e. The van der Waals surface area contributed by atoms with Crippen LogP contribution in [0.15, 0.2) is 22.7 Å². The average Bonchev–Trinajstić information content (AvgIpc) is 2.28. The van der Waals surface area contributed by atoms with Crippen molar-refractivity contribution < 1.29 is 9.72 Å². The van der Waals surface area contributed by atoms with Crippen molar-refractivity contribution in [1.29, 1.82) is 0 Å². The molecule has 0 radical (unpaired) electrons. The van der Waals surface area contributed by atoms with E-state index in [9.17, 15) is 14.9 Å². The Labute approximate surface area is 113 Å². The zero-order chi connectivity index (χ0) is 13.7. The van der Waals surface area contributed by atoms with Gasteiger partial charge in [-0.15, -0.1) is 0 Å². The van der Waals surface area contributed by atoms with E-state index >= 15 is 0 Å². The summed E-state index contributed by atoms with van der Waals surface area (Å²) in [5, 5.41) is 13.4. The van der Waals surface area contributed by atoms with Gasteiger partial charge in [0.2, 0.25) is 0 Å². The summed E-state index contributed by atoms with van der Waals surface area (Å²) in [5.74, 6) is -0.313. The van der Waals surface area contributed by atoms with Crippen molar-refractivity contribution in [3.05, 3.63) is 38.3 Å². The van der Waals surface area contributed by atoms with Gasteiger partial charge in [0, 0.05) is 24.7 Å². The molecule has 1 N–H and O–H groups in total. The highest BCUT2D eigenvalue weighted by Crippen LogP contribution is 2.25. The second-order valence-corrected chi connectivity index (χ2v) is 4.84. The lowest BCUT2D eigenvalue weighted by molar-refractivity contribution is -0.385. The maximum absolute atomic E-state index is 11.7. The molecule has 0 aliphatic carbocycles. The minimum Gasteiger partial charge on any atom is -0.351 e. The van der Waals surface area contributed by atoms with E-state index in [-0.39, 0.29) is 17.2 Å². The maximum atomic E-state index is 11.7. The largest absolute Gasteiger partial charge is 0.351 e. The summed E-state index contributed by atoms with van der Waals surface area (Å²) in [7, 11) is 3.80. The van der Waals surface area contributed by atoms with Crippen molar-refractivity contribution in [3.8, 4) is 0 Å². The predicted molar refractivity (Wildman–Crippen MR) is 71.7 cm³/mol. The molecule has 1 aromatic rings. The maximum Gasteiger partial charge on any atom is 0.284 e. The molecule has 98 valence electrons. The van der Waals surface area contributed by atoms with Crippen molar-refractivity contribution in [2.24, 2.45) is 0 Å². The molecule has 0 saturated heterocycles. The minimum atomic E-state index is -0.527. The van der Waals surface area contributed by atoms with E-state index in [0.29, 0.717) is 17.6 Å². The first-order chi connectivity index (χ1) is 8.41. The fraction of sp³-hybridized carbons (Fsp3) is 0.364. The number of nitro groups is 1. The third kappa shape index (κ3) is 4.08. The second-order valence-electron chi connectivity index (χ2n) is 3.98. The molecular formula is C11H14BrN3O3. The quantitative estimate of drug-likeness (QED) is 0.662. The van der Waals surface area contributed by atoms with Crippen molar-refractivity contribution in [3.63, 3.8) is 0 Å². The predicted octanol–water partition coefficient (Wildman–Crippen LogP) is 1.65. The number of nitrogens with zero attached hydrogens (tertiary/aromatic N) is 2. The number of nitrogens with one attached hydrogen (secondary N) is 1. The minimum absolute atomic E-state index is 0.116. The first-order valence-corrected chi connectivity index (χ1v) is 6.08. The summed E-state index contributed by atoms with van der Waals surface area (Å²) in [5.41, 5.74) is 0.166. The van der Waals surface area contributed by atoms with Gasteiger partial charge in [-0.3, -0.25) is 14.9 Å². The van der Waals surface area contributed by atoms with Crippen molar-refractivity contribution in [2.45, 2.75) is 0 Å². The second kappa shape index (κ2) is 6.46. The number of hydrogen-bond acceptors (Lipinski definition) is 4. The number of carbonyl (C=O) groups excluding carboxylic acids is 1. The Morgan fingerprint density at radius 2 is 2.17 bits per heavy atom. The Balaban J connectivity index is 2.74. The van der Waals surface area contributed by atoms with E-state index in [2.05, 4.69) is 21.2 Å². The molecule has 1 amide bonds. The summed E-state index contributed by atoms with van der Waals surface area (Å²) in [6, 6.07) is 4.30. The molecule has 0 atom stereocenters. The zero-order valence-electron chi connectivity index (χ0n) is 10.1. The van der Waals surface area contributed by atoms with Crippen LogP contribution in [0, 0.1) is 10.1 Å². The normalized spacial score (nSPS) is 10.4. The lowest BCUT2D eigenvalue weighted by Gasteiger charge is -2.10. The molecule has 0 aliphatic heterocycles. The van der Waals surface area contributed by atoms with Crippen LogP contribution in [0.1, 0.15) is 10.4 Å². The number of nitro benzene ring substituents is 1. The summed E-state index contributed by atoms with van der Waals surface area (Å²) >= 11 is 3.07. The molecule has 6 nitrogen and oxygen atoms in total. The number of benzene rings is 1. The molecule has 0 unspecified atom stereocenters. The summed E-state index contributed by atoms with van der Waals surface area (Å²) < 4.78 is 0.359. The van der Waals surface area contributed by atoms with Gasteiger partial charge < -0.3 is 10.2 Å². The van der Waals surface area contributed by atoms with E-state index in [0.717, 1.165) is 0 Å². The molecule has 1 rings (SSSR count). The Morgan fingerprint density at radius 3 is 2.72 bits per heavy atom. The highest BCUT2D eigenvalue weighted by molar-refractivity contribution is 9.10. The van der Waals surface area contributed by atoms with Crippen LogP contribution in [0.4, 0.5) is 5.69 Å². The molecule has 7 heteroatoms.